The molecule has 2 aromatic carbocycles. The normalized spacial score (nSPS) is 18.2. The van der Waals surface area contributed by atoms with Gasteiger partial charge in [0.1, 0.15) is 0 Å². The summed E-state index contributed by atoms with van der Waals surface area (Å²) in [5.41, 5.74) is 1.80. The van der Waals surface area contributed by atoms with Crippen molar-refractivity contribution in [2.45, 2.75) is 24.9 Å². The lowest BCUT2D eigenvalue weighted by Crippen LogP contribution is -2.51. The van der Waals surface area contributed by atoms with E-state index in [0.717, 1.165) is 11.1 Å². The van der Waals surface area contributed by atoms with E-state index < -0.39 is 16.1 Å². The van der Waals surface area contributed by atoms with Gasteiger partial charge < -0.3 is 9.84 Å². The van der Waals surface area contributed by atoms with Gasteiger partial charge in [-0.3, -0.25) is 4.90 Å². The quantitative estimate of drug-likeness (QED) is 0.633. The van der Waals surface area contributed by atoms with E-state index in [2.05, 4.69) is 4.90 Å². The molecule has 0 aliphatic carbocycles. The zero-order valence-corrected chi connectivity index (χ0v) is 18.7. The Morgan fingerprint density at radius 2 is 1.67 bits per heavy atom. The molecule has 0 bridgehead atoms. The third kappa shape index (κ3) is 6.77. The van der Waals surface area contributed by atoms with Crippen molar-refractivity contribution in [3.63, 3.8) is 0 Å². The van der Waals surface area contributed by atoms with Crippen LogP contribution in [0.3, 0.4) is 0 Å². The second-order valence-electron chi connectivity index (χ2n) is 7.62. The summed E-state index contributed by atoms with van der Waals surface area (Å²) in [6, 6.07) is 16.7. The number of halogens is 1. The largest absolute Gasteiger partial charge is 0.389 e. The fourth-order valence-electron chi connectivity index (χ4n) is 3.50. The molecule has 1 aliphatic heterocycles. The second kappa shape index (κ2) is 10.7. The first-order valence-corrected chi connectivity index (χ1v) is 12.1. The molecule has 1 heterocycles. The maximum Gasteiger partial charge on any atom is 0.218 e. The minimum atomic E-state index is -3.33. The molecule has 6 nitrogen and oxygen atoms in total. The van der Waals surface area contributed by atoms with E-state index in [9.17, 15) is 13.5 Å². The van der Waals surface area contributed by atoms with Gasteiger partial charge in [0, 0.05) is 37.7 Å². The minimum Gasteiger partial charge on any atom is -0.389 e. The van der Waals surface area contributed by atoms with Crippen LogP contribution in [0.25, 0.3) is 0 Å². The maximum atomic E-state index is 12.6. The summed E-state index contributed by atoms with van der Waals surface area (Å²) in [4.78, 5) is 2.08. The summed E-state index contributed by atoms with van der Waals surface area (Å²) in [5, 5.41) is 11.0. The number of ether oxygens (including phenoxy) is 1. The number of rotatable bonds is 9. The molecule has 0 radical (unpaired) electrons. The van der Waals surface area contributed by atoms with Crippen LogP contribution in [0, 0.1) is 0 Å². The van der Waals surface area contributed by atoms with Gasteiger partial charge in [0.25, 0.3) is 0 Å². The van der Waals surface area contributed by atoms with E-state index >= 15 is 0 Å². The Kier molecular flexibility index (Phi) is 8.27. The Labute approximate surface area is 184 Å². The fraction of sp³-hybridized carbons (Fsp3) is 0.455. The Hall–Kier alpha value is -1.48. The number of hydrogen-bond donors (Lipinski definition) is 1. The molecule has 0 aromatic heterocycles. The van der Waals surface area contributed by atoms with E-state index in [1.807, 2.05) is 61.5 Å². The Bertz CT molecular complexity index is 885. The summed E-state index contributed by atoms with van der Waals surface area (Å²) < 4.78 is 32.6. The van der Waals surface area contributed by atoms with Crippen LogP contribution in [0.15, 0.2) is 54.6 Å². The zero-order valence-electron chi connectivity index (χ0n) is 17.2. The van der Waals surface area contributed by atoms with E-state index in [1.165, 1.54) is 0 Å². The number of β-amino-alcohol motifs (C(OH)–C–C–N with tert-alkyl or cyclic N) is 1. The lowest BCUT2D eigenvalue weighted by molar-refractivity contribution is -0.0186. The smallest absolute Gasteiger partial charge is 0.218 e. The number of aliphatic hydroxyl groups is 1. The van der Waals surface area contributed by atoms with Crippen LogP contribution < -0.4 is 0 Å². The molecule has 1 aliphatic rings. The Morgan fingerprint density at radius 1 is 1.03 bits per heavy atom. The average molecular weight is 453 g/mol. The highest BCUT2D eigenvalue weighted by molar-refractivity contribution is 7.88. The standard InChI is InChI=1S/C22H29ClN2O4S/c1-18(20-7-9-21(23)10-8-20)29-16-22(26)15-24-11-13-25(14-12-24)30(27,28)17-19-5-3-2-4-6-19/h2-10,18,22,26H,11-17H2,1H3/t18-,22-/m1/s1. The molecule has 30 heavy (non-hydrogen) atoms. The molecule has 1 fully saturated rings. The van der Waals surface area contributed by atoms with Crippen molar-refractivity contribution in [1.82, 2.24) is 9.21 Å². The number of sulfonamides is 1. The van der Waals surface area contributed by atoms with Gasteiger partial charge in [0.2, 0.25) is 10.0 Å². The molecule has 0 amide bonds. The van der Waals surface area contributed by atoms with E-state index in [1.54, 1.807) is 4.31 Å². The summed E-state index contributed by atoms with van der Waals surface area (Å²) in [6.45, 7) is 4.67. The molecule has 0 saturated carbocycles. The average Bonchev–Trinajstić information content (AvgIpc) is 2.73. The first-order valence-electron chi connectivity index (χ1n) is 10.1. The molecule has 8 heteroatoms. The minimum absolute atomic E-state index is 0.0207. The van der Waals surface area contributed by atoms with Crippen LogP contribution in [0.1, 0.15) is 24.2 Å². The van der Waals surface area contributed by atoms with Gasteiger partial charge in [-0.15, -0.1) is 0 Å². The summed E-state index contributed by atoms with van der Waals surface area (Å²) in [7, 11) is -3.33. The molecule has 1 N–H and O–H groups in total. The van der Waals surface area contributed by atoms with Gasteiger partial charge in [-0.25, -0.2) is 8.42 Å². The highest BCUT2D eigenvalue weighted by Gasteiger charge is 2.27. The van der Waals surface area contributed by atoms with Crippen molar-refractivity contribution >= 4 is 21.6 Å². The van der Waals surface area contributed by atoms with Crippen molar-refractivity contribution in [2.24, 2.45) is 0 Å². The highest BCUT2D eigenvalue weighted by Crippen LogP contribution is 2.19. The van der Waals surface area contributed by atoms with Gasteiger partial charge in [-0.1, -0.05) is 54.1 Å². The first kappa shape index (κ1) is 23.2. The van der Waals surface area contributed by atoms with Gasteiger partial charge in [-0.05, 0) is 30.2 Å². The number of benzene rings is 2. The van der Waals surface area contributed by atoms with Gasteiger partial charge >= 0.3 is 0 Å². The highest BCUT2D eigenvalue weighted by atomic mass is 35.5. The monoisotopic (exact) mass is 452 g/mol. The molecule has 0 spiro atoms. The molecule has 0 unspecified atom stereocenters. The third-order valence-corrected chi connectivity index (χ3v) is 7.37. The van der Waals surface area contributed by atoms with Gasteiger partial charge in [-0.2, -0.15) is 4.31 Å². The first-order chi connectivity index (χ1) is 14.3. The number of aliphatic hydroxyl groups excluding tert-OH is 1. The van der Waals surface area contributed by atoms with E-state index in [0.29, 0.717) is 37.7 Å². The summed E-state index contributed by atoms with van der Waals surface area (Å²) in [5.74, 6) is 0.0207. The molecule has 3 rings (SSSR count). The van der Waals surface area contributed by atoms with Crippen LogP contribution in [-0.2, 0) is 20.5 Å². The Balaban J connectivity index is 1.41. The van der Waals surface area contributed by atoms with Crippen molar-refractivity contribution in [3.8, 4) is 0 Å². The van der Waals surface area contributed by atoms with Crippen molar-refractivity contribution < 1.29 is 18.3 Å². The van der Waals surface area contributed by atoms with Crippen LogP contribution in [0.4, 0.5) is 0 Å². The molecule has 164 valence electrons. The van der Waals surface area contributed by atoms with Crippen LogP contribution in [0.5, 0.6) is 0 Å². The fourth-order valence-corrected chi connectivity index (χ4v) is 5.14. The molecule has 2 atom stereocenters. The van der Waals surface area contributed by atoms with Gasteiger partial charge in [0.15, 0.2) is 0 Å². The molecular weight excluding hydrogens is 424 g/mol. The lowest BCUT2D eigenvalue weighted by atomic mass is 10.1. The maximum absolute atomic E-state index is 12.6. The van der Waals surface area contributed by atoms with Crippen LogP contribution in [-0.4, -0.2) is 68.2 Å². The predicted molar refractivity (Wildman–Crippen MR) is 119 cm³/mol. The third-order valence-electron chi connectivity index (χ3n) is 5.26. The summed E-state index contributed by atoms with van der Waals surface area (Å²) >= 11 is 5.90. The van der Waals surface area contributed by atoms with E-state index in [4.69, 9.17) is 16.3 Å². The van der Waals surface area contributed by atoms with Crippen molar-refractivity contribution in [3.05, 3.63) is 70.7 Å². The van der Waals surface area contributed by atoms with Crippen molar-refractivity contribution in [1.29, 1.82) is 0 Å². The zero-order chi connectivity index (χ0) is 21.6. The van der Waals surface area contributed by atoms with Crippen molar-refractivity contribution in [2.75, 3.05) is 39.3 Å². The number of piperazine rings is 1. The van der Waals surface area contributed by atoms with Crippen LogP contribution >= 0.6 is 11.6 Å². The molecule has 2 aromatic rings. The second-order valence-corrected chi connectivity index (χ2v) is 10.0. The predicted octanol–water partition coefficient (Wildman–Crippen LogP) is 2.93. The summed E-state index contributed by atoms with van der Waals surface area (Å²) in [6.07, 6.45) is -0.774. The molecular formula is C22H29ClN2O4S. The van der Waals surface area contributed by atoms with Gasteiger partial charge in [0.05, 0.1) is 24.6 Å². The SMILES string of the molecule is C[C@@H](OC[C@H](O)CN1CCN(S(=O)(=O)Cc2ccccc2)CC1)c1ccc(Cl)cc1. The Morgan fingerprint density at radius 3 is 2.30 bits per heavy atom. The molecule has 1 saturated heterocycles. The lowest BCUT2D eigenvalue weighted by Gasteiger charge is -2.35. The topological polar surface area (TPSA) is 70.1 Å². The number of nitrogens with zero attached hydrogens (tertiary/aromatic N) is 2. The number of hydrogen-bond acceptors (Lipinski definition) is 5. The van der Waals surface area contributed by atoms with Crippen LogP contribution in [0.2, 0.25) is 5.02 Å². The van der Waals surface area contributed by atoms with E-state index in [-0.39, 0.29) is 18.5 Å².